The Bertz CT molecular complexity index is 452. The van der Waals surface area contributed by atoms with Crippen LogP contribution in [-0.2, 0) is 11.2 Å². The molecule has 0 amide bonds. The van der Waals surface area contributed by atoms with Crippen molar-refractivity contribution in [3.63, 3.8) is 0 Å². The van der Waals surface area contributed by atoms with Crippen LogP contribution in [0.3, 0.4) is 0 Å². The van der Waals surface area contributed by atoms with E-state index in [-0.39, 0.29) is 0 Å². The van der Waals surface area contributed by atoms with Crippen LogP contribution in [0.5, 0.6) is 0 Å². The molecule has 1 unspecified atom stereocenters. The summed E-state index contributed by atoms with van der Waals surface area (Å²) in [6.45, 7) is 4.43. The molecule has 0 saturated carbocycles. The first-order valence-corrected chi connectivity index (χ1v) is 8.12. The van der Waals surface area contributed by atoms with Gasteiger partial charge < -0.3 is 10.0 Å². The third kappa shape index (κ3) is 5.33. The number of carboxylic acids is 1. The molecule has 1 atom stereocenters. The molecule has 0 aliphatic carbocycles. The molecule has 1 fully saturated rings. The number of carbonyl (C=O) groups is 1. The summed E-state index contributed by atoms with van der Waals surface area (Å²) in [5.74, 6) is -0.0892. The van der Waals surface area contributed by atoms with E-state index in [2.05, 4.69) is 24.0 Å². The lowest BCUT2D eigenvalue weighted by Crippen LogP contribution is -2.41. The minimum Gasteiger partial charge on any atom is -0.481 e. The first-order valence-electron chi connectivity index (χ1n) is 7.75. The van der Waals surface area contributed by atoms with Crippen LogP contribution in [0.15, 0.2) is 24.3 Å². The lowest BCUT2D eigenvalue weighted by atomic mass is 9.91. The van der Waals surface area contributed by atoms with E-state index in [1.54, 1.807) is 0 Å². The zero-order valence-electron chi connectivity index (χ0n) is 12.6. The Morgan fingerprint density at radius 2 is 1.95 bits per heavy atom. The van der Waals surface area contributed by atoms with E-state index in [9.17, 15) is 4.79 Å². The molecule has 21 heavy (non-hydrogen) atoms. The number of rotatable bonds is 6. The second kappa shape index (κ2) is 7.81. The Morgan fingerprint density at radius 3 is 2.52 bits per heavy atom. The Morgan fingerprint density at radius 1 is 1.33 bits per heavy atom. The van der Waals surface area contributed by atoms with Crippen LogP contribution in [0.1, 0.15) is 38.2 Å². The number of benzene rings is 1. The standard InChI is InChI=1S/C17H24ClNO2/c1-13(12-15-2-5-16(18)6-3-15)19-10-8-14(9-11-19)4-7-17(20)21/h2-3,5-6,13-14H,4,7-12H2,1H3,(H,20,21). The van der Waals surface area contributed by atoms with Crippen molar-refractivity contribution in [2.24, 2.45) is 5.92 Å². The number of halogens is 1. The zero-order valence-corrected chi connectivity index (χ0v) is 13.4. The average molecular weight is 310 g/mol. The summed E-state index contributed by atoms with van der Waals surface area (Å²) in [6.07, 6.45) is 4.42. The van der Waals surface area contributed by atoms with E-state index < -0.39 is 5.97 Å². The summed E-state index contributed by atoms with van der Waals surface area (Å²) in [7, 11) is 0. The molecule has 1 heterocycles. The number of hydrogen-bond acceptors (Lipinski definition) is 2. The molecule has 1 aliphatic rings. The molecule has 2 rings (SSSR count). The number of piperidine rings is 1. The number of hydrogen-bond donors (Lipinski definition) is 1. The van der Waals surface area contributed by atoms with Gasteiger partial charge in [-0.25, -0.2) is 0 Å². The van der Waals surface area contributed by atoms with Gasteiger partial charge in [0.2, 0.25) is 0 Å². The van der Waals surface area contributed by atoms with Gasteiger partial charge in [0.15, 0.2) is 0 Å². The van der Waals surface area contributed by atoms with Crippen molar-refractivity contribution in [2.75, 3.05) is 13.1 Å². The predicted molar refractivity (Wildman–Crippen MR) is 85.8 cm³/mol. The summed E-state index contributed by atoms with van der Waals surface area (Å²) in [6, 6.07) is 8.60. The minimum atomic E-state index is -0.673. The highest BCUT2D eigenvalue weighted by atomic mass is 35.5. The van der Waals surface area contributed by atoms with Gasteiger partial charge in [-0.1, -0.05) is 23.7 Å². The number of carboxylic acid groups (broad SMARTS) is 1. The van der Waals surface area contributed by atoms with E-state index in [1.165, 1.54) is 5.56 Å². The van der Waals surface area contributed by atoms with Crippen molar-refractivity contribution < 1.29 is 9.90 Å². The Labute approximate surface area is 131 Å². The van der Waals surface area contributed by atoms with Gasteiger partial charge in [0.1, 0.15) is 0 Å². The maximum atomic E-state index is 10.6. The maximum Gasteiger partial charge on any atom is 0.303 e. The fourth-order valence-electron chi connectivity index (χ4n) is 3.10. The van der Waals surface area contributed by atoms with E-state index in [4.69, 9.17) is 16.7 Å². The van der Waals surface area contributed by atoms with Crippen molar-refractivity contribution in [1.29, 1.82) is 0 Å². The molecule has 0 spiro atoms. The quantitative estimate of drug-likeness (QED) is 0.867. The Hall–Kier alpha value is -1.06. The molecule has 0 bridgehead atoms. The van der Waals surface area contributed by atoms with Crippen LogP contribution in [-0.4, -0.2) is 35.1 Å². The van der Waals surface area contributed by atoms with Crippen molar-refractivity contribution >= 4 is 17.6 Å². The van der Waals surface area contributed by atoms with Crippen LogP contribution < -0.4 is 0 Å². The number of nitrogens with zero attached hydrogens (tertiary/aromatic N) is 1. The monoisotopic (exact) mass is 309 g/mol. The van der Waals surface area contributed by atoms with Crippen molar-refractivity contribution in [3.8, 4) is 0 Å². The first kappa shape index (κ1) is 16.3. The van der Waals surface area contributed by atoms with Gasteiger partial charge in [0.25, 0.3) is 0 Å². The summed E-state index contributed by atoms with van der Waals surface area (Å²) in [5.41, 5.74) is 1.32. The second-order valence-electron chi connectivity index (χ2n) is 6.09. The first-order chi connectivity index (χ1) is 10.0. The highest BCUT2D eigenvalue weighted by Crippen LogP contribution is 2.24. The summed E-state index contributed by atoms with van der Waals surface area (Å²) >= 11 is 5.91. The normalized spacial score (nSPS) is 18.6. The molecule has 4 heteroatoms. The van der Waals surface area contributed by atoms with E-state index >= 15 is 0 Å². The van der Waals surface area contributed by atoms with Crippen LogP contribution in [0.2, 0.25) is 5.02 Å². The highest BCUT2D eigenvalue weighted by molar-refractivity contribution is 6.30. The smallest absolute Gasteiger partial charge is 0.303 e. The van der Waals surface area contributed by atoms with Gasteiger partial charge in [-0.05, 0) is 69.3 Å². The number of likely N-dealkylation sites (tertiary alicyclic amines) is 1. The molecule has 1 aliphatic heterocycles. The fourth-order valence-corrected chi connectivity index (χ4v) is 3.23. The molecule has 1 aromatic rings. The van der Waals surface area contributed by atoms with Gasteiger partial charge in [0, 0.05) is 17.5 Å². The van der Waals surface area contributed by atoms with Crippen molar-refractivity contribution in [2.45, 2.75) is 45.1 Å². The number of aliphatic carboxylic acids is 1. The van der Waals surface area contributed by atoms with Crippen molar-refractivity contribution in [1.82, 2.24) is 4.90 Å². The highest BCUT2D eigenvalue weighted by Gasteiger charge is 2.23. The van der Waals surface area contributed by atoms with Gasteiger partial charge in [-0.3, -0.25) is 4.79 Å². The Kier molecular flexibility index (Phi) is 6.07. The third-order valence-corrected chi connectivity index (χ3v) is 4.74. The molecule has 1 N–H and O–H groups in total. The minimum absolute atomic E-state index is 0.311. The molecular formula is C17H24ClNO2. The van der Waals surface area contributed by atoms with Gasteiger partial charge >= 0.3 is 5.97 Å². The van der Waals surface area contributed by atoms with Crippen molar-refractivity contribution in [3.05, 3.63) is 34.9 Å². The molecule has 3 nitrogen and oxygen atoms in total. The summed E-state index contributed by atoms with van der Waals surface area (Å²) in [4.78, 5) is 13.1. The maximum absolute atomic E-state index is 10.6. The molecular weight excluding hydrogens is 286 g/mol. The molecule has 1 saturated heterocycles. The largest absolute Gasteiger partial charge is 0.481 e. The molecule has 1 aromatic carbocycles. The lowest BCUT2D eigenvalue weighted by Gasteiger charge is -2.36. The van der Waals surface area contributed by atoms with Gasteiger partial charge in [-0.15, -0.1) is 0 Å². The zero-order chi connectivity index (χ0) is 15.2. The van der Waals surface area contributed by atoms with Crippen LogP contribution >= 0.6 is 11.6 Å². The second-order valence-corrected chi connectivity index (χ2v) is 6.53. The van der Waals surface area contributed by atoms with Gasteiger partial charge in [-0.2, -0.15) is 0 Å². The lowest BCUT2D eigenvalue weighted by molar-refractivity contribution is -0.137. The topological polar surface area (TPSA) is 40.5 Å². The fraction of sp³-hybridized carbons (Fsp3) is 0.588. The van der Waals surface area contributed by atoms with Crippen LogP contribution in [0, 0.1) is 5.92 Å². The van der Waals surface area contributed by atoms with Gasteiger partial charge in [0.05, 0.1) is 0 Å². The Balaban J connectivity index is 1.76. The summed E-state index contributed by atoms with van der Waals surface area (Å²) in [5, 5.41) is 9.53. The molecule has 0 radical (unpaired) electrons. The predicted octanol–water partition coefficient (Wildman–Crippen LogP) is 3.85. The van der Waals surface area contributed by atoms with E-state index in [0.717, 1.165) is 43.8 Å². The SMILES string of the molecule is CC(Cc1ccc(Cl)cc1)N1CCC(CCC(=O)O)CC1. The summed E-state index contributed by atoms with van der Waals surface area (Å²) < 4.78 is 0. The average Bonchev–Trinajstić information content (AvgIpc) is 2.48. The third-order valence-electron chi connectivity index (χ3n) is 4.48. The molecule has 116 valence electrons. The molecule has 0 aromatic heterocycles. The van der Waals surface area contributed by atoms with E-state index in [0.29, 0.717) is 18.4 Å². The van der Waals surface area contributed by atoms with E-state index in [1.807, 2.05) is 12.1 Å². The van der Waals surface area contributed by atoms with Crippen LogP contribution in [0.4, 0.5) is 0 Å². The van der Waals surface area contributed by atoms with Crippen LogP contribution in [0.25, 0.3) is 0 Å².